The number of benzene rings is 1. The molecule has 1 aliphatic heterocycles. The number of carboxylic acid groups (broad SMARTS) is 1. The highest BCUT2D eigenvalue weighted by Crippen LogP contribution is 2.39. The molecule has 0 atom stereocenters. The van der Waals surface area contributed by atoms with Crippen LogP contribution in [0.5, 0.6) is 0 Å². The van der Waals surface area contributed by atoms with Gasteiger partial charge in [0.15, 0.2) is 5.69 Å². The normalized spacial score (nSPS) is 14.8. The molecule has 4 nitrogen and oxygen atoms in total. The van der Waals surface area contributed by atoms with Crippen molar-refractivity contribution in [3.63, 3.8) is 0 Å². The monoisotopic (exact) mass is 316 g/mol. The molecule has 3 rings (SSSR count). The maximum Gasteiger partial charge on any atom is 0.355 e. The first-order valence-electron chi connectivity index (χ1n) is 7.46. The summed E-state index contributed by atoms with van der Waals surface area (Å²) >= 11 is 1.40. The van der Waals surface area contributed by atoms with E-state index in [4.69, 9.17) is 5.11 Å². The van der Waals surface area contributed by atoms with Gasteiger partial charge in [0.1, 0.15) is 5.01 Å². The molecule has 0 spiro atoms. The second-order valence-electron chi connectivity index (χ2n) is 6.57. The molecule has 22 heavy (non-hydrogen) atoms. The number of rotatable bonds is 2. The van der Waals surface area contributed by atoms with Crippen LogP contribution < -0.4 is 4.90 Å². The molecule has 1 aromatic heterocycles. The molecule has 2 aromatic rings. The van der Waals surface area contributed by atoms with Gasteiger partial charge in [-0.3, -0.25) is 0 Å². The summed E-state index contributed by atoms with van der Waals surface area (Å²) in [6, 6.07) is 6.25. The van der Waals surface area contributed by atoms with E-state index in [2.05, 4.69) is 42.8 Å². The standard InChI is InChI=1S/C17H20N2O2S/c1-17(2,3)19-9-5-7-11-12(6-4-8-14(11)19)15-18-13(10-22-15)16(20)21/h4,6,8,10H,5,7,9H2,1-3H3,(H,20,21). The second-order valence-corrected chi connectivity index (χ2v) is 7.43. The minimum Gasteiger partial charge on any atom is -0.476 e. The van der Waals surface area contributed by atoms with E-state index in [-0.39, 0.29) is 11.2 Å². The Morgan fingerprint density at radius 3 is 2.77 bits per heavy atom. The molecule has 0 saturated carbocycles. The Kier molecular flexibility index (Phi) is 3.68. The van der Waals surface area contributed by atoms with Crippen molar-refractivity contribution in [2.45, 2.75) is 39.2 Å². The highest BCUT2D eigenvalue weighted by atomic mass is 32.1. The summed E-state index contributed by atoms with van der Waals surface area (Å²) < 4.78 is 0. The molecule has 1 aromatic carbocycles. The van der Waals surface area contributed by atoms with Crippen molar-refractivity contribution in [2.24, 2.45) is 0 Å². The number of hydrogen-bond donors (Lipinski definition) is 1. The fourth-order valence-electron chi connectivity index (χ4n) is 3.02. The van der Waals surface area contributed by atoms with Crippen molar-refractivity contribution in [1.82, 2.24) is 4.98 Å². The third-order valence-electron chi connectivity index (χ3n) is 4.01. The van der Waals surface area contributed by atoms with Gasteiger partial charge in [-0.15, -0.1) is 11.3 Å². The van der Waals surface area contributed by atoms with E-state index in [1.54, 1.807) is 5.38 Å². The maximum atomic E-state index is 11.1. The van der Waals surface area contributed by atoms with E-state index < -0.39 is 5.97 Å². The molecule has 0 unspecified atom stereocenters. The van der Waals surface area contributed by atoms with Gasteiger partial charge < -0.3 is 10.0 Å². The Labute approximate surface area is 134 Å². The zero-order chi connectivity index (χ0) is 15.9. The number of thiazole rings is 1. The van der Waals surface area contributed by atoms with E-state index >= 15 is 0 Å². The highest BCUT2D eigenvalue weighted by molar-refractivity contribution is 7.13. The first kappa shape index (κ1) is 15.0. The molecule has 2 heterocycles. The molecule has 116 valence electrons. The van der Waals surface area contributed by atoms with Gasteiger partial charge in [-0.1, -0.05) is 12.1 Å². The average molecular weight is 316 g/mol. The molecule has 0 saturated heterocycles. The van der Waals surface area contributed by atoms with Gasteiger partial charge in [-0.2, -0.15) is 0 Å². The zero-order valence-electron chi connectivity index (χ0n) is 13.1. The maximum absolute atomic E-state index is 11.1. The Bertz CT molecular complexity index is 716. The van der Waals surface area contributed by atoms with Crippen molar-refractivity contribution < 1.29 is 9.90 Å². The summed E-state index contributed by atoms with van der Waals surface area (Å²) in [5.41, 5.74) is 3.81. The Morgan fingerprint density at radius 2 is 2.14 bits per heavy atom. The second kappa shape index (κ2) is 5.39. The SMILES string of the molecule is CC(C)(C)N1CCCc2c(-c3nc(C(=O)O)cs3)cccc21. The molecule has 0 aliphatic carbocycles. The fraction of sp³-hybridized carbons (Fsp3) is 0.412. The van der Waals surface area contributed by atoms with Gasteiger partial charge in [0.25, 0.3) is 0 Å². The number of carboxylic acids is 1. The largest absolute Gasteiger partial charge is 0.476 e. The molecule has 0 bridgehead atoms. The zero-order valence-corrected chi connectivity index (χ0v) is 13.9. The molecule has 1 aliphatic rings. The first-order valence-corrected chi connectivity index (χ1v) is 8.34. The topological polar surface area (TPSA) is 53.4 Å². The molecular formula is C17H20N2O2S. The number of anilines is 1. The van der Waals surface area contributed by atoms with Crippen LogP contribution in [0.15, 0.2) is 23.6 Å². The van der Waals surface area contributed by atoms with Crippen LogP contribution in [-0.2, 0) is 6.42 Å². The minimum absolute atomic E-state index is 0.0723. The quantitative estimate of drug-likeness (QED) is 0.908. The van der Waals surface area contributed by atoms with Crippen LogP contribution in [0, 0.1) is 0 Å². The third kappa shape index (κ3) is 2.61. The van der Waals surface area contributed by atoms with Crippen LogP contribution in [0.1, 0.15) is 43.2 Å². The summed E-state index contributed by atoms with van der Waals surface area (Å²) in [6.07, 6.45) is 2.12. The smallest absolute Gasteiger partial charge is 0.355 e. The predicted octanol–water partition coefficient (Wildman–Crippen LogP) is 4.06. The van der Waals surface area contributed by atoms with Crippen LogP contribution in [0.2, 0.25) is 0 Å². The number of hydrogen-bond acceptors (Lipinski definition) is 4. The van der Waals surface area contributed by atoms with E-state index in [1.807, 2.05) is 6.07 Å². The predicted molar refractivity (Wildman–Crippen MR) is 89.9 cm³/mol. The molecule has 1 N–H and O–H groups in total. The van der Waals surface area contributed by atoms with Crippen molar-refractivity contribution in [3.8, 4) is 10.6 Å². The van der Waals surface area contributed by atoms with Gasteiger partial charge in [0.2, 0.25) is 0 Å². The van der Waals surface area contributed by atoms with Crippen LogP contribution in [-0.4, -0.2) is 28.1 Å². The van der Waals surface area contributed by atoms with Gasteiger partial charge in [-0.25, -0.2) is 9.78 Å². The van der Waals surface area contributed by atoms with E-state index in [1.165, 1.54) is 22.6 Å². The van der Waals surface area contributed by atoms with Gasteiger partial charge in [-0.05, 0) is 45.2 Å². The lowest BCUT2D eigenvalue weighted by atomic mass is 9.92. The van der Waals surface area contributed by atoms with E-state index in [0.29, 0.717) is 0 Å². The fourth-order valence-corrected chi connectivity index (χ4v) is 3.86. The lowest BCUT2D eigenvalue weighted by Gasteiger charge is -2.42. The summed E-state index contributed by atoms with van der Waals surface area (Å²) in [5, 5.41) is 11.5. The third-order valence-corrected chi connectivity index (χ3v) is 4.89. The summed E-state index contributed by atoms with van der Waals surface area (Å²) in [6.45, 7) is 7.72. The van der Waals surface area contributed by atoms with Crippen molar-refractivity contribution >= 4 is 23.0 Å². The summed E-state index contributed by atoms with van der Waals surface area (Å²) in [4.78, 5) is 17.8. The molecule has 5 heteroatoms. The van der Waals surface area contributed by atoms with Crippen molar-refractivity contribution in [1.29, 1.82) is 0 Å². The van der Waals surface area contributed by atoms with E-state index in [9.17, 15) is 4.79 Å². The van der Waals surface area contributed by atoms with E-state index in [0.717, 1.165) is 30.0 Å². The van der Waals surface area contributed by atoms with Crippen LogP contribution >= 0.6 is 11.3 Å². The highest BCUT2D eigenvalue weighted by Gasteiger charge is 2.28. The number of aromatic nitrogens is 1. The lowest BCUT2D eigenvalue weighted by Crippen LogP contribution is -2.44. The summed E-state index contributed by atoms with van der Waals surface area (Å²) in [5.74, 6) is -0.969. The Balaban J connectivity index is 2.09. The molecule has 0 amide bonds. The molecular weight excluding hydrogens is 296 g/mol. The number of carbonyl (C=O) groups is 1. The van der Waals surface area contributed by atoms with Gasteiger partial charge >= 0.3 is 5.97 Å². The van der Waals surface area contributed by atoms with Crippen LogP contribution in [0.25, 0.3) is 10.6 Å². The number of fused-ring (bicyclic) bond motifs is 1. The Hall–Kier alpha value is -1.88. The number of aromatic carboxylic acids is 1. The van der Waals surface area contributed by atoms with Gasteiger partial charge in [0, 0.05) is 28.7 Å². The average Bonchev–Trinajstić information content (AvgIpc) is 2.94. The Morgan fingerprint density at radius 1 is 1.36 bits per heavy atom. The van der Waals surface area contributed by atoms with Crippen LogP contribution in [0.4, 0.5) is 5.69 Å². The van der Waals surface area contributed by atoms with Crippen LogP contribution in [0.3, 0.4) is 0 Å². The number of nitrogens with zero attached hydrogens (tertiary/aromatic N) is 2. The van der Waals surface area contributed by atoms with Gasteiger partial charge in [0.05, 0.1) is 0 Å². The summed E-state index contributed by atoms with van der Waals surface area (Å²) in [7, 11) is 0. The van der Waals surface area contributed by atoms with Crippen molar-refractivity contribution in [3.05, 3.63) is 34.8 Å². The first-order chi connectivity index (χ1) is 10.4. The molecule has 0 fully saturated rings. The lowest BCUT2D eigenvalue weighted by molar-refractivity contribution is 0.0691. The van der Waals surface area contributed by atoms with Crippen molar-refractivity contribution in [2.75, 3.05) is 11.4 Å². The molecule has 0 radical (unpaired) electrons. The minimum atomic E-state index is -0.969.